The number of benzene rings is 2. The van der Waals surface area contributed by atoms with E-state index in [0.29, 0.717) is 0 Å². The van der Waals surface area contributed by atoms with Crippen LogP contribution in [-0.2, 0) is 0 Å². The van der Waals surface area contributed by atoms with Crippen molar-refractivity contribution in [2.24, 2.45) is 0 Å². The van der Waals surface area contributed by atoms with Gasteiger partial charge in [0.2, 0.25) is 13.6 Å². The molecule has 0 unspecified atom stereocenters. The van der Waals surface area contributed by atoms with E-state index in [1.807, 2.05) is 36.6 Å². The summed E-state index contributed by atoms with van der Waals surface area (Å²) in [4.78, 5) is 0. The average Bonchev–Trinajstić information content (AvgIpc) is 3.15. The van der Waals surface area contributed by atoms with Crippen LogP contribution in [0.2, 0.25) is 0 Å². The zero-order valence-electron chi connectivity index (χ0n) is 11.3. The summed E-state index contributed by atoms with van der Waals surface area (Å²) in [5.74, 6) is 2.97. The lowest BCUT2D eigenvalue weighted by Gasteiger charge is -2.14. The lowest BCUT2D eigenvalue weighted by atomic mass is 10.0. The Kier molecular flexibility index (Phi) is 2.96. The van der Waals surface area contributed by atoms with Crippen LogP contribution < -0.4 is 23.7 Å². The quantitative estimate of drug-likeness (QED) is 0.876. The van der Waals surface area contributed by atoms with Crippen molar-refractivity contribution in [3.8, 4) is 34.1 Å². The first-order chi connectivity index (χ1) is 10.4. The normalized spacial score (nSPS) is 14.3. The molecule has 2 aliphatic rings. The zero-order chi connectivity index (χ0) is 14.2. The molecule has 0 aromatic heterocycles. The Bertz CT molecular complexity index is 704. The molecular formula is C15H13NO4S. The topological polar surface area (TPSA) is 49.0 Å². The van der Waals surface area contributed by atoms with Crippen LogP contribution >= 0.6 is 11.9 Å². The minimum Gasteiger partial charge on any atom is -0.454 e. The first-order valence-electron chi connectivity index (χ1n) is 6.49. The first-order valence-corrected chi connectivity index (χ1v) is 7.71. The van der Waals surface area contributed by atoms with Gasteiger partial charge >= 0.3 is 0 Å². The molecule has 1 N–H and O–H groups in total. The minimum atomic E-state index is 0.234. The molecule has 2 aromatic rings. The van der Waals surface area contributed by atoms with Crippen LogP contribution in [0.4, 0.5) is 5.69 Å². The summed E-state index contributed by atoms with van der Waals surface area (Å²) >= 11 is 1.52. The average molecular weight is 303 g/mol. The van der Waals surface area contributed by atoms with Crippen molar-refractivity contribution in [1.82, 2.24) is 0 Å². The molecule has 0 spiro atoms. The van der Waals surface area contributed by atoms with E-state index in [-0.39, 0.29) is 13.6 Å². The highest BCUT2D eigenvalue weighted by Gasteiger charge is 2.27. The number of hydrogen-bond acceptors (Lipinski definition) is 6. The highest BCUT2D eigenvalue weighted by Crippen LogP contribution is 2.51. The molecule has 0 atom stereocenters. The fourth-order valence-corrected chi connectivity index (χ4v) is 2.95. The van der Waals surface area contributed by atoms with Crippen LogP contribution in [0.1, 0.15) is 0 Å². The van der Waals surface area contributed by atoms with E-state index in [2.05, 4.69) is 4.72 Å². The van der Waals surface area contributed by atoms with E-state index in [0.717, 1.165) is 39.8 Å². The monoisotopic (exact) mass is 303 g/mol. The van der Waals surface area contributed by atoms with Crippen LogP contribution in [0.25, 0.3) is 11.1 Å². The standard InChI is InChI=1S/C15H13NO4S/c1-21-16-10-5-6-12-15(20-8-18-12)13(10)9-3-2-4-11-14(9)19-7-17-11/h2-6,16H,7-8H2,1H3. The lowest BCUT2D eigenvalue weighted by Crippen LogP contribution is -1.96. The first kappa shape index (κ1) is 12.5. The molecule has 0 radical (unpaired) electrons. The number of nitrogens with one attached hydrogen (secondary N) is 1. The zero-order valence-corrected chi connectivity index (χ0v) is 12.2. The Morgan fingerprint density at radius 1 is 0.905 bits per heavy atom. The van der Waals surface area contributed by atoms with E-state index in [1.54, 1.807) is 0 Å². The van der Waals surface area contributed by atoms with Gasteiger partial charge in [-0.05, 0) is 18.2 Å². The molecule has 0 fully saturated rings. The number of para-hydroxylation sites is 1. The lowest BCUT2D eigenvalue weighted by molar-refractivity contribution is 0.173. The third kappa shape index (κ3) is 1.94. The molecule has 6 heteroatoms. The van der Waals surface area contributed by atoms with E-state index in [1.165, 1.54) is 11.9 Å². The smallest absolute Gasteiger partial charge is 0.231 e. The Morgan fingerprint density at radius 2 is 1.67 bits per heavy atom. The molecule has 4 rings (SSSR count). The summed E-state index contributed by atoms with van der Waals surface area (Å²) in [5.41, 5.74) is 2.82. The van der Waals surface area contributed by atoms with Gasteiger partial charge in [0, 0.05) is 11.8 Å². The number of rotatable bonds is 3. The largest absolute Gasteiger partial charge is 0.454 e. The van der Waals surface area contributed by atoms with Crippen LogP contribution in [0, 0.1) is 0 Å². The molecular weight excluding hydrogens is 290 g/mol. The molecule has 2 aliphatic heterocycles. The molecule has 0 saturated carbocycles. The molecule has 2 aromatic carbocycles. The summed E-state index contributed by atoms with van der Waals surface area (Å²) in [7, 11) is 0. The predicted molar refractivity (Wildman–Crippen MR) is 81.3 cm³/mol. The molecule has 21 heavy (non-hydrogen) atoms. The van der Waals surface area contributed by atoms with E-state index in [9.17, 15) is 0 Å². The Morgan fingerprint density at radius 3 is 2.48 bits per heavy atom. The summed E-state index contributed by atoms with van der Waals surface area (Å²) in [6.45, 7) is 0.474. The number of ether oxygens (including phenoxy) is 4. The van der Waals surface area contributed by atoms with Gasteiger partial charge in [0.25, 0.3) is 0 Å². The molecule has 2 heterocycles. The fourth-order valence-electron chi connectivity index (χ4n) is 2.56. The highest BCUT2D eigenvalue weighted by molar-refractivity contribution is 7.99. The van der Waals surface area contributed by atoms with Gasteiger partial charge in [0.15, 0.2) is 23.0 Å². The third-order valence-corrected chi connectivity index (χ3v) is 3.84. The van der Waals surface area contributed by atoms with Gasteiger partial charge in [0.05, 0.1) is 11.3 Å². The van der Waals surface area contributed by atoms with Crippen molar-refractivity contribution >= 4 is 17.6 Å². The van der Waals surface area contributed by atoms with Crippen molar-refractivity contribution in [3.63, 3.8) is 0 Å². The van der Waals surface area contributed by atoms with Gasteiger partial charge in [0.1, 0.15) is 0 Å². The van der Waals surface area contributed by atoms with E-state index >= 15 is 0 Å². The molecule has 0 aliphatic carbocycles. The van der Waals surface area contributed by atoms with Crippen molar-refractivity contribution in [2.75, 3.05) is 24.6 Å². The van der Waals surface area contributed by atoms with Crippen LogP contribution in [0.3, 0.4) is 0 Å². The summed E-state index contributed by atoms with van der Waals surface area (Å²) < 4.78 is 25.5. The van der Waals surface area contributed by atoms with Crippen LogP contribution in [-0.4, -0.2) is 19.8 Å². The maximum Gasteiger partial charge on any atom is 0.231 e. The maximum atomic E-state index is 5.66. The third-order valence-electron chi connectivity index (χ3n) is 3.42. The minimum absolute atomic E-state index is 0.234. The number of hydrogen-bond donors (Lipinski definition) is 1. The number of anilines is 1. The van der Waals surface area contributed by atoms with Crippen molar-refractivity contribution in [2.45, 2.75) is 0 Å². The van der Waals surface area contributed by atoms with Gasteiger partial charge in [-0.2, -0.15) is 0 Å². The van der Waals surface area contributed by atoms with Gasteiger partial charge in [-0.15, -0.1) is 0 Å². The van der Waals surface area contributed by atoms with Gasteiger partial charge < -0.3 is 23.7 Å². The highest BCUT2D eigenvalue weighted by atomic mass is 32.2. The SMILES string of the molecule is CSNc1ccc2c(c1-c1cccc3c1OCO3)OCO2. The van der Waals surface area contributed by atoms with Crippen molar-refractivity contribution in [3.05, 3.63) is 30.3 Å². The Balaban J connectivity index is 1.96. The van der Waals surface area contributed by atoms with Gasteiger partial charge in [-0.25, -0.2) is 0 Å². The molecule has 0 saturated heterocycles. The van der Waals surface area contributed by atoms with Gasteiger partial charge in [-0.3, -0.25) is 0 Å². The molecule has 108 valence electrons. The second-order valence-corrected chi connectivity index (χ2v) is 5.18. The predicted octanol–water partition coefficient (Wildman–Crippen LogP) is 3.50. The summed E-state index contributed by atoms with van der Waals surface area (Å²) in [6, 6.07) is 9.73. The summed E-state index contributed by atoms with van der Waals surface area (Å²) in [6.07, 6.45) is 1.98. The molecule has 5 nitrogen and oxygen atoms in total. The second-order valence-electron chi connectivity index (χ2n) is 4.57. The second kappa shape index (κ2) is 4.96. The van der Waals surface area contributed by atoms with Gasteiger partial charge in [-0.1, -0.05) is 24.1 Å². The maximum absolute atomic E-state index is 5.66. The van der Waals surface area contributed by atoms with Crippen molar-refractivity contribution in [1.29, 1.82) is 0 Å². The Hall–Kier alpha value is -2.21. The summed E-state index contributed by atoms with van der Waals surface area (Å²) in [5, 5.41) is 0. The van der Waals surface area contributed by atoms with Crippen LogP contribution in [0.15, 0.2) is 30.3 Å². The van der Waals surface area contributed by atoms with E-state index in [4.69, 9.17) is 18.9 Å². The fraction of sp³-hybridized carbons (Fsp3) is 0.200. The van der Waals surface area contributed by atoms with E-state index < -0.39 is 0 Å². The number of fused-ring (bicyclic) bond motifs is 2. The van der Waals surface area contributed by atoms with Crippen LogP contribution in [0.5, 0.6) is 23.0 Å². The molecule has 0 bridgehead atoms. The Labute approximate surface area is 126 Å². The van der Waals surface area contributed by atoms with Crippen molar-refractivity contribution < 1.29 is 18.9 Å². The molecule has 0 amide bonds.